The molecule has 12 nitrogen and oxygen atoms in total. The molecule has 218 valence electrons. The van der Waals surface area contributed by atoms with Crippen molar-refractivity contribution in [1.29, 1.82) is 0 Å². The number of amides is 1. The van der Waals surface area contributed by atoms with Crippen molar-refractivity contribution < 1.29 is 14.6 Å². The Hall–Kier alpha value is -4.81. The number of rotatable bonds is 7. The molecule has 3 aromatic heterocycles. The van der Waals surface area contributed by atoms with E-state index in [1.807, 2.05) is 24.3 Å². The maximum atomic E-state index is 13.2. The Bertz CT molecular complexity index is 1840. The molecule has 0 radical (unpaired) electrons. The third-order valence-corrected chi connectivity index (χ3v) is 8.32. The zero-order valence-electron chi connectivity index (χ0n) is 22.9. The number of tetrazole rings is 1. The number of benzene rings is 2. The van der Waals surface area contributed by atoms with Crippen molar-refractivity contribution in [3.8, 4) is 28.1 Å². The van der Waals surface area contributed by atoms with Crippen LogP contribution < -0.4 is 10.5 Å². The molecule has 1 fully saturated rings. The number of anilines is 1. The summed E-state index contributed by atoms with van der Waals surface area (Å²) in [5.74, 6) is 0.629. The van der Waals surface area contributed by atoms with E-state index >= 15 is 0 Å². The van der Waals surface area contributed by atoms with Crippen LogP contribution in [0.1, 0.15) is 36.7 Å². The number of halogens is 1. The number of hydrogen-bond acceptors (Lipinski definition) is 7. The molecule has 0 spiro atoms. The van der Waals surface area contributed by atoms with Crippen LogP contribution in [0.25, 0.3) is 28.1 Å². The average Bonchev–Trinajstić information content (AvgIpc) is 3.83. The first-order valence-electron chi connectivity index (χ1n) is 14.0. The third kappa shape index (κ3) is 5.19. The van der Waals surface area contributed by atoms with Crippen molar-refractivity contribution in [2.45, 2.75) is 37.8 Å². The van der Waals surface area contributed by atoms with Gasteiger partial charge in [0.05, 0.1) is 36.1 Å². The van der Waals surface area contributed by atoms with Crippen molar-refractivity contribution in [1.82, 2.24) is 34.7 Å². The Kier molecular flexibility index (Phi) is 6.99. The van der Waals surface area contributed by atoms with Crippen molar-refractivity contribution in [3.05, 3.63) is 94.0 Å². The minimum Gasteiger partial charge on any atom is -0.465 e. The van der Waals surface area contributed by atoms with Crippen LogP contribution in [0.3, 0.4) is 0 Å². The SMILES string of the molecule is O=C(O)N(CC1CCCO1)c1ccc(-c2cnc(C3CCn4c3cc(-c3cc(Cl)ccc3-n3cnnn3)cc4=O)[nH]2)cc1. The molecule has 7 rings (SSSR count). The fourth-order valence-electron chi connectivity index (χ4n) is 5.96. The van der Waals surface area contributed by atoms with Gasteiger partial charge in [0.1, 0.15) is 12.2 Å². The maximum absolute atomic E-state index is 13.2. The number of imidazole rings is 1. The molecule has 5 aromatic rings. The molecule has 13 heteroatoms. The monoisotopic (exact) mass is 598 g/mol. The van der Waals surface area contributed by atoms with Gasteiger partial charge in [-0.05, 0) is 77.2 Å². The predicted molar refractivity (Wildman–Crippen MR) is 159 cm³/mol. The van der Waals surface area contributed by atoms with E-state index < -0.39 is 6.09 Å². The normalized spacial score (nSPS) is 17.7. The summed E-state index contributed by atoms with van der Waals surface area (Å²) >= 11 is 6.35. The molecule has 1 amide bonds. The van der Waals surface area contributed by atoms with Gasteiger partial charge >= 0.3 is 6.09 Å². The van der Waals surface area contributed by atoms with Gasteiger partial charge in [-0.15, -0.1) is 5.10 Å². The Balaban J connectivity index is 1.17. The first kappa shape index (κ1) is 27.0. The summed E-state index contributed by atoms with van der Waals surface area (Å²) in [6, 6.07) is 16.3. The van der Waals surface area contributed by atoms with Gasteiger partial charge in [-0.3, -0.25) is 9.69 Å². The van der Waals surface area contributed by atoms with Crippen LogP contribution in [0.2, 0.25) is 5.02 Å². The van der Waals surface area contributed by atoms with Gasteiger partial charge in [0.25, 0.3) is 5.56 Å². The first-order valence-corrected chi connectivity index (χ1v) is 14.4. The van der Waals surface area contributed by atoms with Crippen LogP contribution in [0.5, 0.6) is 0 Å². The van der Waals surface area contributed by atoms with Gasteiger partial charge < -0.3 is 19.4 Å². The number of aromatic nitrogens is 7. The molecule has 2 aliphatic heterocycles. The van der Waals surface area contributed by atoms with Crippen LogP contribution in [-0.2, 0) is 11.3 Å². The van der Waals surface area contributed by atoms with Gasteiger partial charge in [-0.25, -0.2) is 9.78 Å². The van der Waals surface area contributed by atoms with Gasteiger partial charge in [-0.1, -0.05) is 23.7 Å². The Labute approximate surface area is 250 Å². The Morgan fingerprint density at radius 1 is 1.12 bits per heavy atom. The van der Waals surface area contributed by atoms with E-state index in [1.54, 1.807) is 41.1 Å². The molecular weight excluding hydrogens is 572 g/mol. The molecular formula is C30H27ClN8O4. The van der Waals surface area contributed by atoms with Crippen LogP contribution in [0.4, 0.5) is 10.5 Å². The van der Waals surface area contributed by atoms with E-state index in [1.165, 1.54) is 15.9 Å². The summed E-state index contributed by atoms with van der Waals surface area (Å²) in [4.78, 5) is 34.6. The molecule has 2 aromatic carbocycles. The second kappa shape index (κ2) is 11.1. The summed E-state index contributed by atoms with van der Waals surface area (Å²) in [6.07, 6.45) is 4.69. The highest BCUT2D eigenvalue weighted by molar-refractivity contribution is 6.31. The van der Waals surface area contributed by atoms with E-state index in [4.69, 9.17) is 16.3 Å². The molecule has 0 saturated carbocycles. The number of nitrogens with one attached hydrogen (secondary N) is 1. The summed E-state index contributed by atoms with van der Waals surface area (Å²) in [5.41, 5.74) is 5.16. The minimum atomic E-state index is -1.01. The second-order valence-electron chi connectivity index (χ2n) is 10.7. The lowest BCUT2D eigenvalue weighted by molar-refractivity contribution is 0.114. The topological polar surface area (TPSA) is 144 Å². The number of hydrogen-bond donors (Lipinski definition) is 2. The first-order chi connectivity index (χ1) is 20.9. The van der Waals surface area contributed by atoms with E-state index in [0.29, 0.717) is 41.7 Å². The number of aromatic amines is 1. The zero-order chi connectivity index (χ0) is 29.5. The number of H-pyrrole nitrogens is 1. The number of ether oxygens (including phenoxy) is 1. The van der Waals surface area contributed by atoms with Crippen LogP contribution >= 0.6 is 11.6 Å². The minimum absolute atomic E-state index is 0.0849. The van der Waals surface area contributed by atoms with Gasteiger partial charge in [0, 0.05) is 41.2 Å². The van der Waals surface area contributed by atoms with E-state index in [9.17, 15) is 14.7 Å². The predicted octanol–water partition coefficient (Wildman–Crippen LogP) is 4.73. The number of carboxylic acid groups (broad SMARTS) is 1. The standard InChI is InChI=1S/C30H27ClN8O4/c31-20-5-8-26(39-17-33-35-36-39)24(14-20)19-12-27-23(9-10-37(27)28(40)13-19)29-32-15-25(34-29)18-3-6-21(7-4-18)38(30(41)42)16-22-2-1-11-43-22/h3-8,12-15,17,22-23H,1-2,9-11,16H2,(H,32,34)(H,41,42). The Morgan fingerprint density at radius 3 is 2.72 bits per heavy atom. The van der Waals surface area contributed by atoms with Crippen LogP contribution in [-0.4, -0.2) is 65.2 Å². The average molecular weight is 599 g/mol. The summed E-state index contributed by atoms with van der Waals surface area (Å²) in [5, 5.41) is 21.8. The Morgan fingerprint density at radius 2 is 1.98 bits per heavy atom. The fourth-order valence-corrected chi connectivity index (χ4v) is 6.13. The van der Waals surface area contributed by atoms with Crippen molar-refractivity contribution in [2.75, 3.05) is 18.1 Å². The van der Waals surface area contributed by atoms with Crippen LogP contribution in [0.15, 0.2) is 71.9 Å². The number of carbonyl (C=O) groups is 1. The largest absolute Gasteiger partial charge is 0.465 e. The smallest absolute Gasteiger partial charge is 0.411 e. The molecule has 0 bridgehead atoms. The van der Waals surface area contributed by atoms with Gasteiger partial charge in [-0.2, -0.15) is 4.68 Å². The maximum Gasteiger partial charge on any atom is 0.411 e. The highest BCUT2D eigenvalue weighted by Crippen LogP contribution is 2.36. The molecule has 2 unspecified atom stereocenters. The molecule has 2 aliphatic rings. The number of fused-ring (bicyclic) bond motifs is 1. The lowest BCUT2D eigenvalue weighted by Gasteiger charge is -2.22. The van der Waals surface area contributed by atoms with E-state index in [0.717, 1.165) is 47.6 Å². The van der Waals surface area contributed by atoms with Gasteiger partial charge in [0.15, 0.2) is 0 Å². The zero-order valence-corrected chi connectivity index (χ0v) is 23.7. The highest BCUT2D eigenvalue weighted by Gasteiger charge is 2.29. The van der Waals surface area contributed by atoms with Crippen molar-refractivity contribution in [2.24, 2.45) is 0 Å². The molecule has 1 saturated heterocycles. The van der Waals surface area contributed by atoms with Gasteiger partial charge in [0.2, 0.25) is 0 Å². The summed E-state index contributed by atoms with van der Waals surface area (Å²) in [7, 11) is 0. The molecule has 43 heavy (non-hydrogen) atoms. The van der Waals surface area contributed by atoms with Crippen molar-refractivity contribution >= 4 is 23.4 Å². The highest BCUT2D eigenvalue weighted by atomic mass is 35.5. The summed E-state index contributed by atoms with van der Waals surface area (Å²) < 4.78 is 8.95. The lowest BCUT2D eigenvalue weighted by atomic mass is 9.98. The second-order valence-corrected chi connectivity index (χ2v) is 11.1. The lowest BCUT2D eigenvalue weighted by Crippen LogP contribution is -2.36. The number of nitrogens with zero attached hydrogens (tertiary/aromatic N) is 7. The van der Waals surface area contributed by atoms with E-state index in [-0.39, 0.29) is 17.6 Å². The quantitative estimate of drug-likeness (QED) is 0.273. The van der Waals surface area contributed by atoms with E-state index in [2.05, 4.69) is 25.5 Å². The molecule has 2 N–H and O–H groups in total. The molecule has 5 heterocycles. The molecule has 2 atom stereocenters. The third-order valence-electron chi connectivity index (χ3n) is 8.08. The summed E-state index contributed by atoms with van der Waals surface area (Å²) in [6.45, 7) is 1.55. The number of pyridine rings is 1. The fraction of sp³-hybridized carbons (Fsp3) is 0.267. The molecule has 0 aliphatic carbocycles. The van der Waals surface area contributed by atoms with Crippen molar-refractivity contribution in [3.63, 3.8) is 0 Å². The van der Waals surface area contributed by atoms with Crippen LogP contribution in [0, 0.1) is 0 Å².